The molecule has 0 fully saturated rings. The van der Waals surface area contributed by atoms with Gasteiger partial charge in [0.1, 0.15) is 25.3 Å². The van der Waals surface area contributed by atoms with Gasteiger partial charge >= 0.3 is 0 Å². The lowest BCUT2D eigenvalue weighted by molar-refractivity contribution is 0.769. The smallest absolute Gasteiger partial charge is 0.162 e. The van der Waals surface area contributed by atoms with Crippen molar-refractivity contribution in [2.24, 2.45) is 0 Å². The van der Waals surface area contributed by atoms with Gasteiger partial charge in [0.25, 0.3) is 0 Å². The van der Waals surface area contributed by atoms with Crippen molar-refractivity contribution in [1.82, 2.24) is 29.9 Å². The van der Waals surface area contributed by atoms with Crippen molar-refractivity contribution in [3.05, 3.63) is 193 Å². The van der Waals surface area contributed by atoms with Crippen LogP contribution in [0.5, 0.6) is 0 Å². The van der Waals surface area contributed by atoms with Gasteiger partial charge in [0.2, 0.25) is 0 Å². The molecule has 0 unspecified atom stereocenters. The van der Waals surface area contributed by atoms with Crippen molar-refractivity contribution in [1.29, 1.82) is 0 Å². The molecule has 2 heterocycles. The van der Waals surface area contributed by atoms with Gasteiger partial charge in [-0.1, -0.05) is 121 Å². The molecule has 0 bridgehead atoms. The average molecular weight is 629 g/mol. The van der Waals surface area contributed by atoms with Crippen LogP contribution in [0.2, 0.25) is 0 Å². The van der Waals surface area contributed by atoms with E-state index >= 15 is 0 Å². The summed E-state index contributed by atoms with van der Waals surface area (Å²) in [6.45, 7) is 0. The summed E-state index contributed by atoms with van der Waals surface area (Å²) in [6, 6.07) is 52.4. The van der Waals surface area contributed by atoms with Crippen LogP contribution in [-0.4, -0.2) is 29.9 Å². The van der Waals surface area contributed by atoms with Crippen molar-refractivity contribution >= 4 is 0 Å². The zero-order chi connectivity index (χ0) is 32.6. The molecule has 0 amide bonds. The van der Waals surface area contributed by atoms with Gasteiger partial charge in [0, 0.05) is 11.1 Å². The molecule has 6 aromatic carbocycles. The van der Waals surface area contributed by atoms with Crippen LogP contribution in [0.3, 0.4) is 0 Å². The Morgan fingerprint density at radius 3 is 1.14 bits per heavy atom. The molecule has 1 aliphatic rings. The van der Waals surface area contributed by atoms with Crippen LogP contribution < -0.4 is 0 Å². The molecule has 6 nitrogen and oxygen atoms in total. The molecule has 0 saturated carbocycles. The summed E-state index contributed by atoms with van der Waals surface area (Å²) >= 11 is 0. The highest BCUT2D eigenvalue weighted by Crippen LogP contribution is 2.56. The molecule has 9 rings (SSSR count). The van der Waals surface area contributed by atoms with Crippen LogP contribution in [-0.2, 0) is 5.41 Å². The molecule has 2 aromatic heterocycles. The predicted octanol–water partition coefficient (Wildman–Crippen LogP) is 9.09. The maximum absolute atomic E-state index is 4.39. The largest absolute Gasteiger partial charge is 0.225 e. The zero-order valence-electron chi connectivity index (χ0n) is 26.3. The Morgan fingerprint density at radius 1 is 0.327 bits per heavy atom. The second-order valence-corrected chi connectivity index (χ2v) is 12.1. The molecule has 230 valence electrons. The zero-order valence-corrected chi connectivity index (χ0v) is 26.3. The molecule has 0 spiro atoms. The number of benzene rings is 6. The molecule has 0 aliphatic heterocycles. The fourth-order valence-corrected chi connectivity index (χ4v) is 7.34. The summed E-state index contributed by atoms with van der Waals surface area (Å²) in [6.07, 6.45) is 6.13. The topological polar surface area (TPSA) is 77.3 Å². The van der Waals surface area contributed by atoms with Crippen LogP contribution in [0, 0.1) is 0 Å². The van der Waals surface area contributed by atoms with E-state index in [1.54, 1.807) is 0 Å². The van der Waals surface area contributed by atoms with E-state index in [0.717, 1.165) is 33.4 Å². The highest BCUT2D eigenvalue weighted by atomic mass is 15.0. The number of fused-ring (bicyclic) bond motifs is 3. The molecule has 0 saturated heterocycles. The number of hydrogen-bond donors (Lipinski definition) is 0. The van der Waals surface area contributed by atoms with E-state index in [1.165, 1.54) is 58.7 Å². The highest BCUT2D eigenvalue weighted by molar-refractivity contribution is 5.87. The maximum Gasteiger partial charge on any atom is 0.162 e. The summed E-state index contributed by atoms with van der Waals surface area (Å²) in [4.78, 5) is 25.5. The van der Waals surface area contributed by atoms with Gasteiger partial charge in [-0.3, -0.25) is 0 Å². The third kappa shape index (κ3) is 4.81. The Bertz CT molecular complexity index is 2290. The lowest BCUT2D eigenvalue weighted by Gasteiger charge is -2.34. The van der Waals surface area contributed by atoms with E-state index in [0.29, 0.717) is 11.6 Å². The fourth-order valence-electron chi connectivity index (χ4n) is 7.34. The van der Waals surface area contributed by atoms with Gasteiger partial charge in [-0.2, -0.15) is 0 Å². The Balaban J connectivity index is 1.25. The number of rotatable bonds is 6. The molecule has 1 aliphatic carbocycles. The maximum atomic E-state index is 4.39. The van der Waals surface area contributed by atoms with Crippen molar-refractivity contribution in [3.63, 3.8) is 0 Å². The first kappa shape index (κ1) is 28.6. The molecule has 6 heteroatoms. The van der Waals surface area contributed by atoms with Crippen LogP contribution in [0.15, 0.2) is 171 Å². The third-order valence-electron chi connectivity index (χ3n) is 9.44. The third-order valence-corrected chi connectivity index (χ3v) is 9.44. The van der Waals surface area contributed by atoms with E-state index in [2.05, 4.69) is 163 Å². The van der Waals surface area contributed by atoms with Crippen LogP contribution in [0.25, 0.3) is 56.2 Å². The first-order valence-electron chi connectivity index (χ1n) is 16.2. The van der Waals surface area contributed by atoms with Gasteiger partial charge in [-0.05, 0) is 79.9 Å². The fraction of sp³-hybridized carbons (Fsp3) is 0.0233. The number of aromatic nitrogens is 6. The van der Waals surface area contributed by atoms with Crippen LogP contribution >= 0.6 is 0 Å². The Kier molecular flexibility index (Phi) is 6.91. The standard InChI is InChI=1S/C43H28N6/c1-3-19-39-37(17-1)38-18-2-4-20-40(38)43(39,35-15-7-11-31(23-35)29-9-5-13-33(21-29)41-46-25-44-26-47-41)36-16-8-12-32(24-36)30-10-6-14-34(22-30)42-48-27-45-28-49-42/h1-28H. The van der Waals surface area contributed by atoms with E-state index in [9.17, 15) is 0 Å². The Hall–Kier alpha value is -6.66. The van der Waals surface area contributed by atoms with Gasteiger partial charge in [-0.25, -0.2) is 29.9 Å². The monoisotopic (exact) mass is 628 g/mol. The number of nitrogens with zero attached hydrogens (tertiary/aromatic N) is 6. The minimum Gasteiger partial charge on any atom is -0.225 e. The minimum atomic E-state index is -0.559. The van der Waals surface area contributed by atoms with Crippen LogP contribution in [0.4, 0.5) is 0 Å². The Labute approximate surface area is 284 Å². The first-order chi connectivity index (χ1) is 24.3. The van der Waals surface area contributed by atoms with E-state index in [-0.39, 0.29) is 0 Å². The SMILES string of the molecule is c1cc(-c2cccc(C3(c4cccc(-c5cccc(-c6ncncn6)c5)c4)c4ccccc4-c4ccccc43)c2)cc(-c2ncncn2)c1. The van der Waals surface area contributed by atoms with E-state index in [1.807, 2.05) is 12.1 Å². The summed E-state index contributed by atoms with van der Waals surface area (Å²) < 4.78 is 0. The normalized spacial score (nSPS) is 12.7. The van der Waals surface area contributed by atoms with Crippen molar-refractivity contribution in [2.75, 3.05) is 0 Å². The van der Waals surface area contributed by atoms with Crippen LogP contribution in [0.1, 0.15) is 22.3 Å². The van der Waals surface area contributed by atoms with Crippen molar-refractivity contribution < 1.29 is 0 Å². The van der Waals surface area contributed by atoms with Crippen molar-refractivity contribution in [2.45, 2.75) is 5.41 Å². The molecule has 8 aromatic rings. The summed E-state index contributed by atoms with van der Waals surface area (Å²) in [7, 11) is 0. The quantitative estimate of drug-likeness (QED) is 0.183. The molecule has 0 N–H and O–H groups in total. The van der Waals surface area contributed by atoms with Gasteiger partial charge in [0.15, 0.2) is 11.6 Å². The summed E-state index contributed by atoms with van der Waals surface area (Å²) in [5.74, 6) is 1.30. The van der Waals surface area contributed by atoms with Gasteiger partial charge in [-0.15, -0.1) is 0 Å². The molecular weight excluding hydrogens is 601 g/mol. The highest BCUT2D eigenvalue weighted by Gasteiger charge is 2.46. The molecule has 0 radical (unpaired) electrons. The second kappa shape index (κ2) is 11.9. The lowest BCUT2D eigenvalue weighted by Crippen LogP contribution is -2.28. The average Bonchev–Trinajstić information content (AvgIpc) is 3.50. The Morgan fingerprint density at radius 2 is 0.694 bits per heavy atom. The van der Waals surface area contributed by atoms with E-state index < -0.39 is 5.41 Å². The summed E-state index contributed by atoms with van der Waals surface area (Å²) in [5.41, 5.74) is 13.2. The lowest BCUT2D eigenvalue weighted by atomic mass is 9.67. The minimum absolute atomic E-state index is 0.559. The van der Waals surface area contributed by atoms with Crippen molar-refractivity contribution in [3.8, 4) is 56.2 Å². The molecular formula is C43H28N6. The van der Waals surface area contributed by atoms with Gasteiger partial charge < -0.3 is 0 Å². The second-order valence-electron chi connectivity index (χ2n) is 12.1. The molecule has 49 heavy (non-hydrogen) atoms. The number of hydrogen-bond acceptors (Lipinski definition) is 6. The molecule has 0 atom stereocenters. The first-order valence-corrected chi connectivity index (χ1v) is 16.2. The predicted molar refractivity (Wildman–Crippen MR) is 192 cm³/mol. The van der Waals surface area contributed by atoms with Gasteiger partial charge in [0.05, 0.1) is 5.41 Å². The summed E-state index contributed by atoms with van der Waals surface area (Å²) in [5, 5.41) is 0. The van der Waals surface area contributed by atoms with E-state index in [4.69, 9.17) is 0 Å².